The summed E-state index contributed by atoms with van der Waals surface area (Å²) in [6.07, 6.45) is -4.40. The Morgan fingerprint density at radius 1 is 1.14 bits per heavy atom. The molecule has 0 aromatic heterocycles. The van der Waals surface area contributed by atoms with Crippen LogP contribution in [0.5, 0.6) is 0 Å². The average Bonchev–Trinajstić information content (AvgIpc) is 2.43. The van der Waals surface area contributed by atoms with Crippen LogP contribution < -0.4 is 5.32 Å². The number of benzene rings is 1. The summed E-state index contributed by atoms with van der Waals surface area (Å²) in [5.74, 6) is -3.04. The van der Waals surface area contributed by atoms with Crippen LogP contribution in [0.3, 0.4) is 0 Å². The highest BCUT2D eigenvalue weighted by Crippen LogP contribution is 2.31. The van der Waals surface area contributed by atoms with Crippen molar-refractivity contribution in [1.29, 1.82) is 0 Å². The van der Waals surface area contributed by atoms with E-state index >= 15 is 0 Å². The Balaban J connectivity index is 2.78. The number of amides is 1. The van der Waals surface area contributed by atoms with E-state index in [4.69, 9.17) is 5.11 Å². The number of carboxylic acids is 1. The summed E-state index contributed by atoms with van der Waals surface area (Å²) in [6.45, 7) is 4.89. The highest BCUT2D eigenvalue weighted by molar-refractivity contribution is 5.96. The van der Waals surface area contributed by atoms with Crippen molar-refractivity contribution >= 4 is 11.9 Å². The molecule has 2 N–H and O–H groups in total. The van der Waals surface area contributed by atoms with Gasteiger partial charge in [-0.3, -0.25) is 9.59 Å². The van der Waals surface area contributed by atoms with Crippen LogP contribution >= 0.6 is 0 Å². The molecule has 22 heavy (non-hydrogen) atoms. The van der Waals surface area contributed by atoms with Crippen molar-refractivity contribution < 1.29 is 27.9 Å². The van der Waals surface area contributed by atoms with Crippen LogP contribution in [0.2, 0.25) is 0 Å². The fourth-order valence-electron chi connectivity index (χ4n) is 1.79. The SMILES string of the molecule is CC(C(=O)O)C(=O)NCC(C)(C)c1ccc(C(F)(F)F)cc1. The van der Waals surface area contributed by atoms with E-state index in [1.807, 2.05) is 0 Å². The number of halogens is 3. The van der Waals surface area contributed by atoms with E-state index in [2.05, 4.69) is 5.32 Å². The minimum Gasteiger partial charge on any atom is -0.481 e. The number of carbonyl (C=O) groups is 2. The molecule has 0 saturated carbocycles. The van der Waals surface area contributed by atoms with Gasteiger partial charge in [0.05, 0.1) is 5.56 Å². The Morgan fingerprint density at radius 2 is 1.59 bits per heavy atom. The highest BCUT2D eigenvalue weighted by Gasteiger charge is 2.31. The molecule has 0 aliphatic rings. The lowest BCUT2D eigenvalue weighted by molar-refractivity contribution is -0.146. The molecule has 122 valence electrons. The standard InChI is InChI=1S/C15H18F3NO3/c1-9(13(21)22)12(20)19-8-14(2,3)10-4-6-11(7-5-10)15(16,17)18/h4-7,9H,8H2,1-3H3,(H,19,20)(H,21,22). The molecule has 7 heteroatoms. The maximum Gasteiger partial charge on any atom is 0.416 e. The van der Waals surface area contributed by atoms with E-state index < -0.39 is 34.9 Å². The first kappa shape index (κ1) is 18.0. The summed E-state index contributed by atoms with van der Waals surface area (Å²) >= 11 is 0. The summed E-state index contributed by atoms with van der Waals surface area (Å²) in [6, 6.07) is 4.68. The van der Waals surface area contributed by atoms with Crippen molar-refractivity contribution in [1.82, 2.24) is 5.32 Å². The van der Waals surface area contributed by atoms with E-state index in [0.29, 0.717) is 5.56 Å². The zero-order valence-electron chi connectivity index (χ0n) is 12.5. The fraction of sp³-hybridized carbons (Fsp3) is 0.467. The number of nitrogens with one attached hydrogen (secondary N) is 1. The lowest BCUT2D eigenvalue weighted by Gasteiger charge is -2.26. The fourth-order valence-corrected chi connectivity index (χ4v) is 1.79. The third kappa shape index (κ3) is 4.47. The van der Waals surface area contributed by atoms with E-state index in [1.165, 1.54) is 19.1 Å². The minimum absolute atomic E-state index is 0.120. The number of hydrogen-bond acceptors (Lipinski definition) is 2. The first-order chi connectivity index (χ1) is 9.95. The van der Waals surface area contributed by atoms with E-state index in [0.717, 1.165) is 12.1 Å². The predicted molar refractivity (Wildman–Crippen MR) is 74.3 cm³/mol. The normalized spacial score (nSPS) is 13.5. The molecule has 0 bridgehead atoms. The second kappa shape index (κ2) is 6.37. The van der Waals surface area contributed by atoms with Gasteiger partial charge in [0.1, 0.15) is 5.92 Å². The van der Waals surface area contributed by atoms with Crippen molar-refractivity contribution in [2.24, 2.45) is 5.92 Å². The van der Waals surface area contributed by atoms with E-state index in [9.17, 15) is 22.8 Å². The molecule has 0 spiro atoms. The molecule has 0 radical (unpaired) electrons. The van der Waals surface area contributed by atoms with Crippen LogP contribution in [-0.4, -0.2) is 23.5 Å². The van der Waals surface area contributed by atoms with Crippen molar-refractivity contribution in [2.45, 2.75) is 32.4 Å². The highest BCUT2D eigenvalue weighted by atomic mass is 19.4. The van der Waals surface area contributed by atoms with Gasteiger partial charge in [-0.1, -0.05) is 26.0 Å². The molecule has 0 heterocycles. The van der Waals surface area contributed by atoms with Gasteiger partial charge in [0.15, 0.2) is 0 Å². The second-order valence-corrected chi connectivity index (χ2v) is 5.74. The van der Waals surface area contributed by atoms with Gasteiger partial charge in [-0.2, -0.15) is 13.2 Å². The van der Waals surface area contributed by atoms with Gasteiger partial charge in [0, 0.05) is 12.0 Å². The molecule has 0 saturated heterocycles. The molecule has 0 fully saturated rings. The Kier molecular flexibility index (Phi) is 5.22. The van der Waals surface area contributed by atoms with Crippen molar-refractivity contribution in [3.05, 3.63) is 35.4 Å². The predicted octanol–water partition coefficient (Wildman–Crippen LogP) is 2.82. The van der Waals surface area contributed by atoms with E-state index in [-0.39, 0.29) is 6.54 Å². The quantitative estimate of drug-likeness (QED) is 0.821. The van der Waals surface area contributed by atoms with Gasteiger partial charge in [-0.15, -0.1) is 0 Å². The second-order valence-electron chi connectivity index (χ2n) is 5.74. The number of carboxylic acid groups (broad SMARTS) is 1. The molecule has 1 rings (SSSR count). The smallest absolute Gasteiger partial charge is 0.416 e. The zero-order valence-corrected chi connectivity index (χ0v) is 12.5. The summed E-state index contributed by atoms with van der Waals surface area (Å²) in [7, 11) is 0. The summed E-state index contributed by atoms with van der Waals surface area (Å²) in [5.41, 5.74) is -0.753. The van der Waals surface area contributed by atoms with Crippen molar-refractivity contribution in [3.8, 4) is 0 Å². The molecule has 1 atom stereocenters. The minimum atomic E-state index is -4.40. The van der Waals surface area contributed by atoms with Crippen LogP contribution in [-0.2, 0) is 21.2 Å². The molecular formula is C15H18F3NO3. The Hall–Kier alpha value is -2.05. The molecule has 1 aromatic rings. The lowest BCUT2D eigenvalue weighted by Crippen LogP contribution is -2.41. The van der Waals surface area contributed by atoms with Gasteiger partial charge >= 0.3 is 12.1 Å². The van der Waals surface area contributed by atoms with Crippen LogP contribution in [0, 0.1) is 5.92 Å². The van der Waals surface area contributed by atoms with Crippen molar-refractivity contribution in [3.63, 3.8) is 0 Å². The maximum absolute atomic E-state index is 12.5. The van der Waals surface area contributed by atoms with Gasteiger partial charge in [0.25, 0.3) is 0 Å². The largest absolute Gasteiger partial charge is 0.481 e. The molecule has 0 aliphatic carbocycles. The molecule has 1 aromatic carbocycles. The van der Waals surface area contributed by atoms with Crippen LogP contribution in [0.25, 0.3) is 0 Å². The third-order valence-electron chi connectivity index (χ3n) is 3.46. The first-order valence-corrected chi connectivity index (χ1v) is 6.63. The average molecular weight is 317 g/mol. The summed E-state index contributed by atoms with van der Waals surface area (Å²) in [4.78, 5) is 22.3. The number of aliphatic carboxylic acids is 1. The maximum atomic E-state index is 12.5. The molecular weight excluding hydrogens is 299 g/mol. The molecule has 4 nitrogen and oxygen atoms in total. The molecule has 0 aliphatic heterocycles. The van der Waals surface area contributed by atoms with Gasteiger partial charge < -0.3 is 10.4 Å². The monoisotopic (exact) mass is 317 g/mol. The molecule has 1 unspecified atom stereocenters. The zero-order chi connectivity index (χ0) is 17.1. The number of hydrogen-bond donors (Lipinski definition) is 2. The first-order valence-electron chi connectivity index (χ1n) is 6.63. The number of carbonyl (C=O) groups excluding carboxylic acids is 1. The van der Waals surface area contributed by atoms with E-state index in [1.54, 1.807) is 13.8 Å². The Labute approximate surface area is 126 Å². The van der Waals surface area contributed by atoms with Crippen LogP contribution in [0.1, 0.15) is 31.9 Å². The van der Waals surface area contributed by atoms with Crippen molar-refractivity contribution in [2.75, 3.05) is 6.54 Å². The van der Waals surface area contributed by atoms with Gasteiger partial charge in [0.2, 0.25) is 5.91 Å². The Morgan fingerprint density at radius 3 is 2.00 bits per heavy atom. The lowest BCUT2D eigenvalue weighted by atomic mass is 9.84. The van der Waals surface area contributed by atoms with Gasteiger partial charge in [-0.05, 0) is 24.6 Å². The van der Waals surface area contributed by atoms with Crippen LogP contribution in [0.4, 0.5) is 13.2 Å². The summed E-state index contributed by atoms with van der Waals surface area (Å²) < 4.78 is 37.6. The van der Waals surface area contributed by atoms with Gasteiger partial charge in [-0.25, -0.2) is 0 Å². The Bertz CT molecular complexity index is 550. The van der Waals surface area contributed by atoms with Crippen LogP contribution in [0.15, 0.2) is 24.3 Å². The topological polar surface area (TPSA) is 66.4 Å². The molecule has 1 amide bonds. The number of alkyl halides is 3. The third-order valence-corrected chi connectivity index (χ3v) is 3.46. The summed E-state index contributed by atoms with van der Waals surface area (Å²) in [5, 5.41) is 11.2. The number of rotatable bonds is 5.